The third-order valence-electron chi connectivity index (χ3n) is 2.25. The molecule has 0 radical (unpaired) electrons. The van der Waals surface area contributed by atoms with Crippen molar-refractivity contribution in [3.63, 3.8) is 0 Å². The number of anilines is 1. The highest BCUT2D eigenvalue weighted by atomic mass is 79.9. The van der Waals surface area contributed by atoms with Crippen LogP contribution in [0.2, 0.25) is 0 Å². The normalized spacial score (nSPS) is 12.2. The van der Waals surface area contributed by atoms with Crippen molar-refractivity contribution in [3.8, 4) is 0 Å². The molecule has 100 valence electrons. The summed E-state index contributed by atoms with van der Waals surface area (Å²) in [4.78, 5) is 12.0. The molecule has 1 aromatic carbocycles. The smallest absolute Gasteiger partial charge is 0.237 e. The lowest BCUT2D eigenvalue weighted by Crippen LogP contribution is -2.22. The molecule has 7 heteroatoms. The number of amides is 1. The predicted octanol–water partition coefficient (Wildman–Crippen LogP) is 3.73. The van der Waals surface area contributed by atoms with Crippen molar-refractivity contribution in [1.82, 2.24) is 10.2 Å². The molecule has 0 aliphatic heterocycles. The molecule has 0 bridgehead atoms. The van der Waals surface area contributed by atoms with Gasteiger partial charge in [0.05, 0.1) is 5.25 Å². The fourth-order valence-corrected chi connectivity index (χ4v) is 3.70. The first-order valence-electron chi connectivity index (χ1n) is 5.58. The molecule has 1 unspecified atom stereocenters. The van der Waals surface area contributed by atoms with E-state index in [2.05, 4.69) is 31.4 Å². The summed E-state index contributed by atoms with van der Waals surface area (Å²) in [5.41, 5.74) is 0.778. The van der Waals surface area contributed by atoms with E-state index < -0.39 is 0 Å². The molecule has 2 rings (SSSR count). The molecule has 0 fully saturated rings. The Bertz CT molecular complexity index is 588. The van der Waals surface area contributed by atoms with Crippen molar-refractivity contribution in [2.75, 3.05) is 5.32 Å². The van der Waals surface area contributed by atoms with E-state index in [1.54, 1.807) is 0 Å². The number of hydrogen-bond donors (Lipinski definition) is 1. The van der Waals surface area contributed by atoms with Gasteiger partial charge in [-0.1, -0.05) is 45.1 Å². The van der Waals surface area contributed by atoms with Gasteiger partial charge in [0, 0.05) is 10.2 Å². The molecule has 4 nitrogen and oxygen atoms in total. The Morgan fingerprint density at radius 1 is 1.47 bits per heavy atom. The van der Waals surface area contributed by atoms with Gasteiger partial charge >= 0.3 is 0 Å². The molecule has 1 amide bonds. The number of carbonyl (C=O) groups excluding carboxylic acids is 1. The van der Waals surface area contributed by atoms with Gasteiger partial charge < -0.3 is 5.32 Å². The van der Waals surface area contributed by atoms with Gasteiger partial charge in [-0.15, -0.1) is 10.2 Å². The summed E-state index contributed by atoms with van der Waals surface area (Å²) >= 11 is 6.29. The Morgan fingerprint density at radius 3 is 2.89 bits per heavy atom. The van der Waals surface area contributed by atoms with Crippen molar-refractivity contribution >= 4 is 50.6 Å². The molecular weight excluding hydrogens is 346 g/mol. The van der Waals surface area contributed by atoms with Crippen LogP contribution < -0.4 is 5.32 Å². The maximum atomic E-state index is 12.0. The van der Waals surface area contributed by atoms with Crippen molar-refractivity contribution in [2.45, 2.75) is 23.4 Å². The van der Waals surface area contributed by atoms with Gasteiger partial charge in [-0.2, -0.15) is 0 Å². The zero-order chi connectivity index (χ0) is 13.8. The third kappa shape index (κ3) is 4.29. The van der Waals surface area contributed by atoms with Crippen LogP contribution in [0.4, 0.5) is 5.69 Å². The lowest BCUT2D eigenvalue weighted by Gasteiger charge is -2.10. The molecule has 0 saturated carbocycles. The van der Waals surface area contributed by atoms with Crippen LogP contribution >= 0.6 is 39.0 Å². The van der Waals surface area contributed by atoms with E-state index in [0.717, 1.165) is 19.5 Å². The van der Waals surface area contributed by atoms with E-state index in [9.17, 15) is 4.79 Å². The Morgan fingerprint density at radius 2 is 2.26 bits per heavy atom. The van der Waals surface area contributed by atoms with Gasteiger partial charge in [-0.25, -0.2) is 0 Å². The molecule has 19 heavy (non-hydrogen) atoms. The summed E-state index contributed by atoms with van der Waals surface area (Å²) in [5, 5.41) is 11.5. The highest BCUT2D eigenvalue weighted by Crippen LogP contribution is 2.27. The first-order valence-corrected chi connectivity index (χ1v) is 8.06. The van der Waals surface area contributed by atoms with E-state index >= 15 is 0 Å². The summed E-state index contributed by atoms with van der Waals surface area (Å²) in [6.07, 6.45) is 0. The molecule has 1 aromatic heterocycles. The largest absolute Gasteiger partial charge is 0.325 e. The molecule has 1 atom stereocenters. The van der Waals surface area contributed by atoms with Crippen LogP contribution in [0.1, 0.15) is 11.9 Å². The van der Waals surface area contributed by atoms with E-state index in [1.807, 2.05) is 38.1 Å². The number of nitrogens with one attached hydrogen (secondary N) is 1. The van der Waals surface area contributed by atoms with Crippen LogP contribution in [-0.4, -0.2) is 21.4 Å². The van der Waals surface area contributed by atoms with Crippen LogP contribution in [-0.2, 0) is 4.79 Å². The molecule has 0 aliphatic carbocycles. The first-order chi connectivity index (χ1) is 9.04. The molecule has 1 N–H and O–H groups in total. The topological polar surface area (TPSA) is 54.9 Å². The summed E-state index contributed by atoms with van der Waals surface area (Å²) in [6.45, 7) is 3.75. The number of nitrogens with zero attached hydrogens (tertiary/aromatic N) is 2. The lowest BCUT2D eigenvalue weighted by atomic mass is 10.3. The predicted molar refractivity (Wildman–Crippen MR) is 82.7 cm³/mol. The first kappa shape index (κ1) is 14.5. The van der Waals surface area contributed by atoms with E-state index in [4.69, 9.17) is 0 Å². The Kier molecular flexibility index (Phi) is 4.95. The van der Waals surface area contributed by atoms with Gasteiger partial charge in [0.25, 0.3) is 0 Å². The number of rotatable bonds is 4. The fourth-order valence-electron chi connectivity index (χ4n) is 1.34. The van der Waals surface area contributed by atoms with Crippen LogP contribution in [0.15, 0.2) is 33.1 Å². The minimum absolute atomic E-state index is 0.0454. The molecule has 1 heterocycles. The van der Waals surface area contributed by atoms with Crippen LogP contribution in [0, 0.1) is 6.92 Å². The van der Waals surface area contributed by atoms with E-state index in [0.29, 0.717) is 0 Å². The average Bonchev–Trinajstić information content (AvgIpc) is 2.74. The number of aryl methyl sites for hydroxylation is 1. The zero-order valence-electron chi connectivity index (χ0n) is 10.4. The summed E-state index contributed by atoms with van der Waals surface area (Å²) in [5.74, 6) is -0.0454. The summed E-state index contributed by atoms with van der Waals surface area (Å²) < 4.78 is 1.75. The number of aromatic nitrogens is 2. The van der Waals surface area contributed by atoms with Gasteiger partial charge in [-0.3, -0.25) is 4.79 Å². The maximum absolute atomic E-state index is 12.0. The summed E-state index contributed by atoms with van der Waals surface area (Å²) in [7, 11) is 0. The van der Waals surface area contributed by atoms with Gasteiger partial charge in [0.2, 0.25) is 5.91 Å². The standard InChI is InChI=1S/C12H12BrN3OS2/c1-7(18-12-16-15-8(2)19-12)11(17)14-10-5-3-4-9(13)6-10/h3-7H,1-2H3,(H,14,17). The van der Waals surface area contributed by atoms with Crippen molar-refractivity contribution in [3.05, 3.63) is 33.7 Å². The fraction of sp³-hybridized carbons (Fsp3) is 0.250. The number of thioether (sulfide) groups is 1. The third-order valence-corrected chi connectivity index (χ3v) is 4.76. The Labute approximate surface area is 128 Å². The zero-order valence-corrected chi connectivity index (χ0v) is 13.6. The van der Waals surface area contributed by atoms with E-state index in [-0.39, 0.29) is 11.2 Å². The van der Waals surface area contributed by atoms with E-state index in [1.165, 1.54) is 23.1 Å². The highest BCUT2D eigenvalue weighted by molar-refractivity contribution is 9.10. The summed E-state index contributed by atoms with van der Waals surface area (Å²) in [6, 6.07) is 7.52. The van der Waals surface area contributed by atoms with Crippen molar-refractivity contribution < 1.29 is 4.79 Å². The molecule has 2 aromatic rings. The van der Waals surface area contributed by atoms with Crippen LogP contribution in [0.3, 0.4) is 0 Å². The van der Waals surface area contributed by atoms with Crippen molar-refractivity contribution in [1.29, 1.82) is 0 Å². The number of carbonyl (C=O) groups is 1. The Hall–Kier alpha value is -0.920. The van der Waals surface area contributed by atoms with Crippen molar-refractivity contribution in [2.24, 2.45) is 0 Å². The molecule has 0 saturated heterocycles. The second-order valence-electron chi connectivity index (χ2n) is 3.85. The minimum Gasteiger partial charge on any atom is -0.325 e. The SMILES string of the molecule is Cc1nnc(SC(C)C(=O)Nc2cccc(Br)c2)s1. The Balaban J connectivity index is 1.96. The van der Waals surface area contributed by atoms with Gasteiger partial charge in [-0.05, 0) is 32.0 Å². The minimum atomic E-state index is -0.216. The second kappa shape index (κ2) is 6.49. The average molecular weight is 358 g/mol. The molecular formula is C12H12BrN3OS2. The highest BCUT2D eigenvalue weighted by Gasteiger charge is 2.16. The van der Waals surface area contributed by atoms with Crippen LogP contribution in [0.25, 0.3) is 0 Å². The number of hydrogen-bond acceptors (Lipinski definition) is 5. The quantitative estimate of drug-likeness (QED) is 0.847. The monoisotopic (exact) mass is 357 g/mol. The number of benzene rings is 1. The number of halogens is 1. The second-order valence-corrected chi connectivity index (χ2v) is 7.53. The lowest BCUT2D eigenvalue weighted by molar-refractivity contribution is -0.115. The van der Waals surface area contributed by atoms with Gasteiger partial charge in [0.1, 0.15) is 5.01 Å². The maximum Gasteiger partial charge on any atom is 0.237 e. The van der Waals surface area contributed by atoms with Crippen LogP contribution in [0.5, 0.6) is 0 Å². The molecule has 0 aliphatic rings. The molecule has 0 spiro atoms. The van der Waals surface area contributed by atoms with Gasteiger partial charge in [0.15, 0.2) is 4.34 Å².